The van der Waals surface area contributed by atoms with E-state index >= 15 is 0 Å². The molecule has 2 rings (SSSR count). The molecule has 0 saturated heterocycles. The number of carboxylic acids is 1. The third-order valence-corrected chi connectivity index (χ3v) is 4.15. The van der Waals surface area contributed by atoms with Crippen LogP contribution < -0.4 is 10.6 Å². The van der Waals surface area contributed by atoms with Gasteiger partial charge in [0.05, 0.1) is 10.7 Å². The maximum absolute atomic E-state index is 12.4. The number of anilines is 1. The minimum Gasteiger partial charge on any atom is -0.480 e. The number of nitrogens with one attached hydrogen (secondary N) is 2. The van der Waals surface area contributed by atoms with E-state index in [-0.39, 0.29) is 28.1 Å². The molecule has 27 heavy (non-hydrogen) atoms. The molecule has 0 fully saturated rings. The second-order valence-corrected chi connectivity index (χ2v) is 6.92. The van der Waals surface area contributed by atoms with Crippen LogP contribution in [-0.4, -0.2) is 28.9 Å². The molecule has 0 spiro atoms. The molecule has 2 aromatic carbocycles. The fourth-order valence-corrected chi connectivity index (χ4v) is 2.65. The fraction of sp³-hybridized carbons (Fsp3) is 0.250. The molecule has 0 saturated carbocycles. The molecule has 0 bridgehead atoms. The van der Waals surface area contributed by atoms with Crippen LogP contribution in [-0.2, 0) is 4.79 Å². The molecule has 0 heterocycles. The molecule has 0 aromatic heterocycles. The summed E-state index contributed by atoms with van der Waals surface area (Å²) in [7, 11) is 0. The Bertz CT molecular complexity index is 837. The number of hydrogen-bond acceptors (Lipinski definition) is 3. The van der Waals surface area contributed by atoms with Gasteiger partial charge in [0.1, 0.15) is 6.04 Å². The van der Waals surface area contributed by atoms with E-state index in [1.165, 1.54) is 18.2 Å². The van der Waals surface area contributed by atoms with Gasteiger partial charge in [0, 0.05) is 11.1 Å². The molecule has 0 radical (unpaired) electrons. The van der Waals surface area contributed by atoms with Gasteiger partial charge in [0.15, 0.2) is 0 Å². The van der Waals surface area contributed by atoms with E-state index in [2.05, 4.69) is 10.6 Å². The predicted molar refractivity (Wildman–Crippen MR) is 104 cm³/mol. The summed E-state index contributed by atoms with van der Waals surface area (Å²) >= 11 is 6.12. The number of carbonyl (C=O) groups excluding carboxylic acids is 2. The summed E-state index contributed by atoms with van der Waals surface area (Å²) in [6.45, 7) is 3.75. The molecule has 0 aliphatic carbocycles. The molecule has 0 aliphatic rings. The van der Waals surface area contributed by atoms with E-state index in [9.17, 15) is 19.5 Å². The topological polar surface area (TPSA) is 95.5 Å². The number of halogens is 1. The highest BCUT2D eigenvalue weighted by Crippen LogP contribution is 2.24. The summed E-state index contributed by atoms with van der Waals surface area (Å²) in [6, 6.07) is 12.0. The third-order valence-electron chi connectivity index (χ3n) is 3.82. The fourth-order valence-electron chi connectivity index (χ4n) is 2.48. The SMILES string of the molecule is CC(C)CC(NC(=O)c1ccc(Cl)c(NC(=O)c2ccccc2)c1)C(=O)O. The highest BCUT2D eigenvalue weighted by molar-refractivity contribution is 6.34. The van der Waals surface area contributed by atoms with Gasteiger partial charge in [-0.15, -0.1) is 0 Å². The van der Waals surface area contributed by atoms with E-state index in [1.54, 1.807) is 30.3 Å². The lowest BCUT2D eigenvalue weighted by atomic mass is 10.0. The highest BCUT2D eigenvalue weighted by atomic mass is 35.5. The number of aliphatic carboxylic acids is 1. The number of rotatable bonds is 7. The van der Waals surface area contributed by atoms with Crippen molar-refractivity contribution in [1.82, 2.24) is 5.32 Å². The van der Waals surface area contributed by atoms with Crippen molar-refractivity contribution in [1.29, 1.82) is 0 Å². The Morgan fingerprint density at radius 2 is 1.67 bits per heavy atom. The standard InChI is InChI=1S/C20H21ClN2O4/c1-12(2)10-17(20(26)27)23-19(25)14-8-9-15(21)16(11-14)22-18(24)13-6-4-3-5-7-13/h3-9,11-12,17H,10H2,1-2H3,(H,22,24)(H,23,25)(H,26,27). The lowest BCUT2D eigenvalue weighted by Gasteiger charge is -2.17. The summed E-state index contributed by atoms with van der Waals surface area (Å²) in [5.74, 6) is -1.89. The van der Waals surface area contributed by atoms with E-state index < -0.39 is 17.9 Å². The van der Waals surface area contributed by atoms with Crippen LogP contribution in [0.3, 0.4) is 0 Å². The van der Waals surface area contributed by atoms with Crippen molar-refractivity contribution < 1.29 is 19.5 Å². The molecule has 142 valence electrons. The van der Waals surface area contributed by atoms with Crippen LogP contribution >= 0.6 is 11.6 Å². The second-order valence-electron chi connectivity index (χ2n) is 6.51. The summed E-state index contributed by atoms with van der Waals surface area (Å²) in [6.07, 6.45) is 0.312. The van der Waals surface area contributed by atoms with Crippen molar-refractivity contribution >= 4 is 35.1 Å². The van der Waals surface area contributed by atoms with Crippen LogP contribution in [0.4, 0.5) is 5.69 Å². The van der Waals surface area contributed by atoms with Gasteiger partial charge in [-0.25, -0.2) is 4.79 Å². The van der Waals surface area contributed by atoms with Gasteiger partial charge in [0.2, 0.25) is 0 Å². The Kier molecular flexibility index (Phi) is 6.96. The quantitative estimate of drug-likeness (QED) is 0.671. The van der Waals surface area contributed by atoms with Crippen LogP contribution in [0.2, 0.25) is 5.02 Å². The molecular weight excluding hydrogens is 368 g/mol. The summed E-state index contributed by atoms with van der Waals surface area (Å²) < 4.78 is 0. The Balaban J connectivity index is 2.17. The predicted octanol–water partition coefficient (Wildman–Crippen LogP) is 3.82. The van der Waals surface area contributed by atoms with Crippen molar-refractivity contribution in [2.45, 2.75) is 26.3 Å². The van der Waals surface area contributed by atoms with Crippen LogP contribution in [0.1, 0.15) is 41.0 Å². The monoisotopic (exact) mass is 388 g/mol. The van der Waals surface area contributed by atoms with Crippen molar-refractivity contribution in [3.05, 3.63) is 64.7 Å². The lowest BCUT2D eigenvalue weighted by Crippen LogP contribution is -2.41. The number of carboxylic acid groups (broad SMARTS) is 1. The normalized spacial score (nSPS) is 11.7. The van der Waals surface area contributed by atoms with Crippen LogP contribution in [0.15, 0.2) is 48.5 Å². The first-order chi connectivity index (χ1) is 12.8. The Morgan fingerprint density at radius 1 is 1.00 bits per heavy atom. The van der Waals surface area contributed by atoms with Crippen LogP contribution in [0.5, 0.6) is 0 Å². The van der Waals surface area contributed by atoms with Gasteiger partial charge in [-0.05, 0) is 42.7 Å². The molecule has 1 atom stereocenters. The second kappa shape index (κ2) is 9.19. The molecule has 0 aliphatic heterocycles. The minimum atomic E-state index is -1.09. The molecule has 2 aromatic rings. The number of carbonyl (C=O) groups is 3. The summed E-state index contributed by atoms with van der Waals surface area (Å²) in [5, 5.41) is 14.7. The van der Waals surface area contributed by atoms with Crippen LogP contribution in [0, 0.1) is 5.92 Å². The number of hydrogen-bond donors (Lipinski definition) is 3. The molecule has 1 unspecified atom stereocenters. The average molecular weight is 389 g/mol. The van der Waals surface area contributed by atoms with E-state index in [0.29, 0.717) is 12.0 Å². The minimum absolute atomic E-state index is 0.109. The Labute approximate surface area is 162 Å². The van der Waals surface area contributed by atoms with Crippen molar-refractivity contribution in [3.63, 3.8) is 0 Å². The zero-order valence-electron chi connectivity index (χ0n) is 15.0. The Hall–Kier alpha value is -2.86. The van der Waals surface area contributed by atoms with Crippen LogP contribution in [0.25, 0.3) is 0 Å². The summed E-state index contributed by atoms with van der Waals surface area (Å²) in [5.41, 5.74) is 0.929. The number of amides is 2. The first kappa shape index (κ1) is 20.5. The molecule has 2 amide bonds. The first-order valence-electron chi connectivity index (χ1n) is 8.47. The number of benzene rings is 2. The molecule has 3 N–H and O–H groups in total. The van der Waals surface area contributed by atoms with Crippen molar-refractivity contribution in [2.24, 2.45) is 5.92 Å². The first-order valence-corrected chi connectivity index (χ1v) is 8.85. The maximum Gasteiger partial charge on any atom is 0.326 e. The van der Waals surface area contributed by atoms with Gasteiger partial charge in [0.25, 0.3) is 11.8 Å². The zero-order chi connectivity index (χ0) is 20.0. The van der Waals surface area contributed by atoms with Gasteiger partial charge in [-0.3, -0.25) is 9.59 Å². The van der Waals surface area contributed by atoms with E-state index in [1.807, 2.05) is 13.8 Å². The molecular formula is C20H21ClN2O4. The van der Waals surface area contributed by atoms with Gasteiger partial charge >= 0.3 is 5.97 Å². The van der Waals surface area contributed by atoms with Gasteiger partial charge in [-0.2, -0.15) is 0 Å². The smallest absolute Gasteiger partial charge is 0.326 e. The maximum atomic E-state index is 12.4. The average Bonchev–Trinajstić information content (AvgIpc) is 2.63. The van der Waals surface area contributed by atoms with E-state index in [4.69, 9.17) is 11.6 Å². The summed E-state index contributed by atoms with van der Waals surface area (Å²) in [4.78, 5) is 36.1. The largest absolute Gasteiger partial charge is 0.480 e. The third kappa shape index (κ3) is 5.82. The van der Waals surface area contributed by atoms with Crippen molar-refractivity contribution in [2.75, 3.05) is 5.32 Å². The zero-order valence-corrected chi connectivity index (χ0v) is 15.8. The van der Waals surface area contributed by atoms with Gasteiger partial charge < -0.3 is 15.7 Å². The van der Waals surface area contributed by atoms with E-state index in [0.717, 1.165) is 0 Å². The Morgan fingerprint density at radius 3 is 2.26 bits per heavy atom. The molecule has 6 nitrogen and oxygen atoms in total. The lowest BCUT2D eigenvalue weighted by molar-refractivity contribution is -0.139. The highest BCUT2D eigenvalue weighted by Gasteiger charge is 2.22. The van der Waals surface area contributed by atoms with Gasteiger partial charge in [-0.1, -0.05) is 43.6 Å². The van der Waals surface area contributed by atoms with Crippen molar-refractivity contribution in [3.8, 4) is 0 Å². The molecule has 7 heteroatoms.